The summed E-state index contributed by atoms with van der Waals surface area (Å²) >= 11 is 0. The van der Waals surface area contributed by atoms with Crippen molar-refractivity contribution in [1.29, 1.82) is 0 Å². The Bertz CT molecular complexity index is 1440. The van der Waals surface area contributed by atoms with Gasteiger partial charge in [0.15, 0.2) is 23.2 Å². The number of rotatable bonds is 10. The summed E-state index contributed by atoms with van der Waals surface area (Å²) in [7, 11) is 0. The molecule has 55 heavy (non-hydrogen) atoms. The summed E-state index contributed by atoms with van der Waals surface area (Å²) in [5.74, 6) is 0.722. The van der Waals surface area contributed by atoms with Gasteiger partial charge in [-0.3, -0.25) is 0 Å². The van der Waals surface area contributed by atoms with E-state index >= 15 is 0 Å². The first-order chi connectivity index (χ1) is 26.0. The normalized spacial score (nSPS) is 29.2. The van der Waals surface area contributed by atoms with Gasteiger partial charge in [0.25, 0.3) is 0 Å². The largest absolute Gasteiger partial charge is 0.573 e. The average molecular weight is 791 g/mol. The van der Waals surface area contributed by atoms with Crippen LogP contribution in [0.1, 0.15) is 141 Å². The van der Waals surface area contributed by atoms with Gasteiger partial charge >= 0.3 is 12.7 Å². The van der Waals surface area contributed by atoms with Crippen LogP contribution in [0, 0.1) is 64.8 Å². The van der Waals surface area contributed by atoms with E-state index < -0.39 is 41.7 Å². The zero-order chi connectivity index (χ0) is 39.8. The minimum Gasteiger partial charge on any atom is -0.403 e. The molecule has 11 heteroatoms. The van der Waals surface area contributed by atoms with Crippen molar-refractivity contribution in [2.75, 3.05) is 0 Å². The Morgan fingerprint density at radius 3 is 1.22 bits per heavy atom. The van der Waals surface area contributed by atoms with Gasteiger partial charge in [-0.2, -0.15) is 0 Å². The van der Waals surface area contributed by atoms with Crippen molar-refractivity contribution in [3.63, 3.8) is 0 Å². The van der Waals surface area contributed by atoms with E-state index in [2.05, 4.69) is 23.3 Å². The minimum atomic E-state index is -5.11. The first kappa shape index (κ1) is 43.5. The van der Waals surface area contributed by atoms with E-state index in [4.69, 9.17) is 0 Å². The van der Waals surface area contributed by atoms with Gasteiger partial charge in [-0.05, 0) is 160 Å². The molecule has 0 spiro atoms. The number of ether oxygens (including phenoxy) is 2. The Hall–Kier alpha value is -2.59. The van der Waals surface area contributed by atoms with Gasteiger partial charge in [-0.1, -0.05) is 71.3 Å². The lowest BCUT2D eigenvalue weighted by Gasteiger charge is -2.37. The van der Waals surface area contributed by atoms with Gasteiger partial charge in [0, 0.05) is 0 Å². The quantitative estimate of drug-likeness (QED) is 0.223. The molecule has 2 nitrogen and oxygen atoms in total. The van der Waals surface area contributed by atoms with E-state index in [1.807, 2.05) is 0 Å². The maximum Gasteiger partial charge on any atom is 0.573 e. The second-order valence-corrected chi connectivity index (χ2v) is 17.4. The van der Waals surface area contributed by atoms with E-state index in [0.717, 1.165) is 85.0 Å². The second-order valence-electron chi connectivity index (χ2n) is 17.4. The summed E-state index contributed by atoms with van der Waals surface area (Å²) in [4.78, 5) is 0. The standard InChI is InChI=1S/C22H29F5O.C22H30F4O/c1-14-2-8-17(9-3-14)18-10-6-15(7-11-18)4-5-16-12-19(23)21(20(24)13-16)28-22(25,26)27;1-15-2-9-18(10-3-15)19-11-6-16(7-12-19)4-5-17-8-13-21(20(23)14-17)27-22(24,25)26/h12-15,17-18H,2-11H2,1H3;8,13-16,18-19H,2-7,9-12H2,1H3. The Balaban J connectivity index is 0.000000211. The third-order valence-corrected chi connectivity index (χ3v) is 13.4. The Morgan fingerprint density at radius 2 is 0.836 bits per heavy atom. The number of alkyl halides is 6. The molecule has 0 aromatic heterocycles. The highest BCUT2D eigenvalue weighted by Crippen LogP contribution is 2.44. The van der Waals surface area contributed by atoms with Crippen LogP contribution in [0.3, 0.4) is 0 Å². The summed E-state index contributed by atoms with van der Waals surface area (Å²) < 4.78 is 122. The van der Waals surface area contributed by atoms with Crippen LogP contribution < -0.4 is 9.47 Å². The first-order valence-corrected chi connectivity index (χ1v) is 20.8. The van der Waals surface area contributed by atoms with Crippen LogP contribution >= 0.6 is 0 Å². The molecule has 2 aromatic rings. The highest BCUT2D eigenvalue weighted by atomic mass is 19.4. The van der Waals surface area contributed by atoms with Gasteiger partial charge in [0.05, 0.1) is 0 Å². The van der Waals surface area contributed by atoms with Gasteiger partial charge in [-0.25, -0.2) is 13.2 Å². The maximum atomic E-state index is 13.8. The molecule has 0 saturated heterocycles. The zero-order valence-corrected chi connectivity index (χ0v) is 32.4. The number of benzene rings is 2. The van der Waals surface area contributed by atoms with E-state index in [9.17, 15) is 39.5 Å². The fourth-order valence-electron chi connectivity index (χ4n) is 10.0. The SMILES string of the molecule is CC1CCC(C2CCC(CCc3cc(F)c(OC(F)(F)F)c(F)c3)CC2)CC1.CC1CCC(C2CCC(CCc3ccc(OC(F)(F)F)c(F)c3)CC2)CC1. The predicted molar refractivity (Wildman–Crippen MR) is 196 cm³/mol. The van der Waals surface area contributed by atoms with Gasteiger partial charge in [-0.15, -0.1) is 26.3 Å². The predicted octanol–water partition coefficient (Wildman–Crippen LogP) is 14.7. The van der Waals surface area contributed by atoms with E-state index in [-0.39, 0.29) is 0 Å². The lowest BCUT2D eigenvalue weighted by atomic mass is 9.69. The molecule has 0 N–H and O–H groups in total. The molecule has 0 amide bonds. The first-order valence-electron chi connectivity index (χ1n) is 20.8. The van der Waals surface area contributed by atoms with Crippen LogP contribution in [0.4, 0.5) is 39.5 Å². The lowest BCUT2D eigenvalue weighted by molar-refractivity contribution is -0.277. The summed E-state index contributed by atoms with van der Waals surface area (Å²) in [5.41, 5.74) is 1.12. The molecule has 4 aliphatic carbocycles. The van der Waals surface area contributed by atoms with Crippen molar-refractivity contribution in [3.8, 4) is 11.5 Å². The molecule has 2 aromatic carbocycles. The van der Waals surface area contributed by atoms with Crippen LogP contribution in [0.5, 0.6) is 11.5 Å². The third kappa shape index (κ3) is 14.1. The molecule has 310 valence electrons. The van der Waals surface area contributed by atoms with E-state index in [1.54, 1.807) is 6.07 Å². The van der Waals surface area contributed by atoms with Crippen LogP contribution in [-0.2, 0) is 12.8 Å². The molecule has 0 unspecified atom stereocenters. The molecular weight excluding hydrogens is 731 g/mol. The number of aryl methyl sites for hydroxylation is 2. The molecule has 0 aliphatic heterocycles. The Morgan fingerprint density at radius 1 is 0.473 bits per heavy atom. The average Bonchev–Trinajstić information content (AvgIpc) is 3.13. The van der Waals surface area contributed by atoms with Crippen molar-refractivity contribution in [2.45, 2.75) is 155 Å². The van der Waals surface area contributed by atoms with Crippen molar-refractivity contribution in [1.82, 2.24) is 0 Å². The molecule has 6 rings (SSSR count). The fourth-order valence-corrected chi connectivity index (χ4v) is 10.0. The van der Waals surface area contributed by atoms with Crippen molar-refractivity contribution in [2.24, 2.45) is 47.3 Å². The highest BCUT2D eigenvalue weighted by molar-refractivity contribution is 5.32. The van der Waals surface area contributed by atoms with E-state index in [1.165, 1.54) is 96.0 Å². The fraction of sp³-hybridized carbons (Fsp3) is 0.727. The third-order valence-electron chi connectivity index (χ3n) is 13.4. The number of hydrogen-bond donors (Lipinski definition) is 0. The van der Waals surface area contributed by atoms with Gasteiger partial charge in [0.2, 0.25) is 5.75 Å². The van der Waals surface area contributed by atoms with Crippen molar-refractivity contribution in [3.05, 3.63) is 58.9 Å². The summed E-state index contributed by atoms with van der Waals surface area (Å²) in [6, 6.07) is 5.71. The van der Waals surface area contributed by atoms with E-state index in [0.29, 0.717) is 30.2 Å². The molecule has 4 aliphatic rings. The van der Waals surface area contributed by atoms with Crippen molar-refractivity contribution < 1.29 is 49.0 Å². The maximum absolute atomic E-state index is 13.8. The summed E-state index contributed by atoms with van der Waals surface area (Å²) in [5, 5.41) is 0. The molecule has 0 radical (unpaired) electrons. The van der Waals surface area contributed by atoms with Gasteiger partial charge in [0.1, 0.15) is 0 Å². The van der Waals surface area contributed by atoms with Crippen LogP contribution in [0.25, 0.3) is 0 Å². The Kier molecular flexibility index (Phi) is 15.6. The molecular formula is C44H59F9O2. The monoisotopic (exact) mass is 790 g/mol. The molecule has 0 bridgehead atoms. The number of halogens is 9. The van der Waals surface area contributed by atoms with Crippen LogP contribution in [-0.4, -0.2) is 12.7 Å². The molecule has 4 fully saturated rings. The van der Waals surface area contributed by atoms with Crippen LogP contribution in [0.2, 0.25) is 0 Å². The number of hydrogen-bond acceptors (Lipinski definition) is 2. The highest BCUT2D eigenvalue weighted by Gasteiger charge is 2.35. The molecule has 4 saturated carbocycles. The van der Waals surface area contributed by atoms with Crippen molar-refractivity contribution >= 4 is 0 Å². The molecule has 0 atom stereocenters. The zero-order valence-electron chi connectivity index (χ0n) is 32.4. The second kappa shape index (κ2) is 19.7. The topological polar surface area (TPSA) is 18.5 Å². The minimum absolute atomic E-state index is 0.382. The van der Waals surface area contributed by atoms with Crippen LogP contribution in [0.15, 0.2) is 30.3 Å². The summed E-state index contributed by atoms with van der Waals surface area (Å²) in [6.07, 6.45) is 13.7. The Labute approximate surface area is 321 Å². The smallest absolute Gasteiger partial charge is 0.403 e. The van der Waals surface area contributed by atoms with Gasteiger partial charge < -0.3 is 9.47 Å². The lowest BCUT2D eigenvalue weighted by Crippen LogP contribution is -2.25. The molecule has 0 heterocycles. The summed E-state index contributed by atoms with van der Waals surface area (Å²) in [6.45, 7) is 4.69.